The Morgan fingerprint density at radius 1 is 1.32 bits per heavy atom. The van der Waals surface area contributed by atoms with E-state index in [0.717, 1.165) is 22.9 Å². The number of imidazole rings is 1. The van der Waals surface area contributed by atoms with Crippen LogP contribution in [0.4, 0.5) is 5.82 Å². The molecule has 3 heterocycles. The second-order valence-electron chi connectivity index (χ2n) is 6.31. The van der Waals surface area contributed by atoms with Crippen LogP contribution in [0.3, 0.4) is 0 Å². The average molecular weight is 332 g/mol. The van der Waals surface area contributed by atoms with Gasteiger partial charge in [-0.05, 0) is 25.0 Å². The van der Waals surface area contributed by atoms with Crippen molar-refractivity contribution >= 4 is 11.5 Å². The number of rotatable bonds is 4. The van der Waals surface area contributed by atoms with Crippen molar-refractivity contribution in [2.24, 2.45) is 0 Å². The van der Waals surface area contributed by atoms with Crippen molar-refractivity contribution < 1.29 is 4.74 Å². The third kappa shape index (κ3) is 2.91. The summed E-state index contributed by atoms with van der Waals surface area (Å²) in [7, 11) is 1.61. The molecule has 1 N–H and O–H groups in total. The van der Waals surface area contributed by atoms with Gasteiger partial charge in [-0.2, -0.15) is 0 Å². The zero-order valence-corrected chi connectivity index (χ0v) is 14.2. The van der Waals surface area contributed by atoms with E-state index in [2.05, 4.69) is 16.2 Å². The Morgan fingerprint density at radius 2 is 2.16 bits per heavy atom. The maximum atomic E-state index is 5.60. The van der Waals surface area contributed by atoms with Crippen LogP contribution in [0.5, 0.6) is 5.75 Å². The number of pyridine rings is 2. The molecule has 1 saturated carbocycles. The zero-order chi connectivity index (χ0) is 17.2. The summed E-state index contributed by atoms with van der Waals surface area (Å²) >= 11 is 0. The van der Waals surface area contributed by atoms with Crippen LogP contribution in [0.1, 0.15) is 31.2 Å². The predicted molar refractivity (Wildman–Crippen MR) is 98.8 cm³/mol. The number of nitrogens with zero attached hydrogens (tertiary/aromatic N) is 3. The van der Waals surface area contributed by atoms with Gasteiger partial charge in [0.1, 0.15) is 17.2 Å². The molecule has 0 aromatic carbocycles. The fraction of sp³-hybridized carbons (Fsp3) is 0.300. The highest BCUT2D eigenvalue weighted by Crippen LogP contribution is 2.26. The van der Waals surface area contributed by atoms with E-state index in [9.17, 15) is 0 Å². The molecule has 1 aliphatic rings. The van der Waals surface area contributed by atoms with Gasteiger partial charge in [0.05, 0.1) is 30.3 Å². The van der Waals surface area contributed by atoms with Gasteiger partial charge >= 0.3 is 0 Å². The van der Waals surface area contributed by atoms with Crippen molar-refractivity contribution in [3.63, 3.8) is 0 Å². The van der Waals surface area contributed by atoms with Gasteiger partial charge in [0, 0.05) is 18.3 Å². The monoisotopic (exact) mass is 332 g/mol. The van der Waals surface area contributed by atoms with Gasteiger partial charge < -0.3 is 10.1 Å². The lowest BCUT2D eigenvalue weighted by molar-refractivity contribution is 0.413. The summed E-state index contributed by atoms with van der Waals surface area (Å²) in [6.45, 7) is 0. The molecule has 0 spiro atoms. The van der Waals surface area contributed by atoms with Crippen molar-refractivity contribution in [1.82, 2.24) is 14.4 Å². The quantitative estimate of drug-likeness (QED) is 0.740. The topological polar surface area (TPSA) is 51.5 Å². The summed E-state index contributed by atoms with van der Waals surface area (Å²) in [5, 5.41) is 3.54. The van der Waals surface area contributed by atoms with Crippen LogP contribution in [0.25, 0.3) is 17.0 Å². The molecule has 0 bridgehead atoms. The first-order chi connectivity index (χ1) is 12.3. The number of terminal acetylenes is 1. The van der Waals surface area contributed by atoms with Gasteiger partial charge in [-0.1, -0.05) is 24.8 Å². The van der Waals surface area contributed by atoms with Crippen molar-refractivity contribution in [1.29, 1.82) is 0 Å². The first-order valence-electron chi connectivity index (χ1n) is 8.54. The molecule has 1 fully saturated rings. The Morgan fingerprint density at radius 3 is 2.92 bits per heavy atom. The van der Waals surface area contributed by atoms with Gasteiger partial charge in [-0.15, -0.1) is 6.42 Å². The largest absolute Gasteiger partial charge is 0.495 e. The van der Waals surface area contributed by atoms with E-state index in [4.69, 9.17) is 16.1 Å². The molecule has 0 unspecified atom stereocenters. The summed E-state index contributed by atoms with van der Waals surface area (Å²) in [6.07, 6.45) is 14.3. The van der Waals surface area contributed by atoms with Crippen molar-refractivity contribution in [3.8, 4) is 29.5 Å². The fourth-order valence-electron chi connectivity index (χ4n) is 3.41. The Labute approximate surface area is 147 Å². The highest BCUT2D eigenvalue weighted by molar-refractivity contribution is 5.64. The molecule has 5 heteroatoms. The molecule has 0 atom stereocenters. The van der Waals surface area contributed by atoms with E-state index in [1.165, 1.54) is 25.7 Å². The highest BCUT2D eigenvalue weighted by atomic mass is 16.5. The van der Waals surface area contributed by atoms with Crippen LogP contribution in [0.2, 0.25) is 0 Å². The first kappa shape index (κ1) is 15.5. The minimum Gasteiger partial charge on any atom is -0.495 e. The van der Waals surface area contributed by atoms with E-state index in [-0.39, 0.29) is 0 Å². The normalized spacial score (nSPS) is 14.6. The second kappa shape index (κ2) is 6.48. The molecule has 0 amide bonds. The highest BCUT2D eigenvalue weighted by Gasteiger charge is 2.16. The SMILES string of the molecule is C#Cc1cn2c(-c3cccc(NC4CCCC4)n3)cnc2cc1OC. The number of hydrogen-bond acceptors (Lipinski definition) is 4. The predicted octanol–water partition coefficient (Wildman–Crippen LogP) is 3.74. The Balaban J connectivity index is 1.73. The van der Waals surface area contributed by atoms with Crippen molar-refractivity contribution in [2.45, 2.75) is 31.7 Å². The van der Waals surface area contributed by atoms with Crippen LogP contribution in [-0.2, 0) is 0 Å². The number of hydrogen-bond donors (Lipinski definition) is 1. The average Bonchev–Trinajstić information content (AvgIpc) is 3.29. The molecule has 3 aromatic heterocycles. The summed E-state index contributed by atoms with van der Waals surface area (Å²) in [5.41, 5.74) is 3.24. The van der Waals surface area contributed by atoms with Gasteiger partial charge in [-0.25, -0.2) is 9.97 Å². The van der Waals surface area contributed by atoms with Gasteiger partial charge in [-0.3, -0.25) is 4.40 Å². The first-order valence-corrected chi connectivity index (χ1v) is 8.54. The molecule has 5 nitrogen and oxygen atoms in total. The lowest BCUT2D eigenvalue weighted by atomic mass is 10.2. The minimum absolute atomic E-state index is 0.530. The lowest BCUT2D eigenvalue weighted by Crippen LogP contribution is -2.15. The van der Waals surface area contributed by atoms with Crippen LogP contribution in [0.15, 0.2) is 36.7 Å². The van der Waals surface area contributed by atoms with Gasteiger partial charge in [0.2, 0.25) is 0 Å². The summed E-state index contributed by atoms with van der Waals surface area (Å²) in [5.74, 6) is 4.22. The van der Waals surface area contributed by atoms with E-state index in [0.29, 0.717) is 17.4 Å². The summed E-state index contributed by atoms with van der Waals surface area (Å²) in [6, 6.07) is 8.40. The molecule has 1 aliphatic carbocycles. The molecule has 3 aromatic rings. The number of methoxy groups -OCH3 is 1. The van der Waals surface area contributed by atoms with Crippen molar-refractivity contribution in [3.05, 3.63) is 42.2 Å². The number of aromatic nitrogens is 3. The molecule has 0 aliphatic heterocycles. The van der Waals surface area contributed by atoms with Crippen LogP contribution >= 0.6 is 0 Å². The van der Waals surface area contributed by atoms with E-state index >= 15 is 0 Å². The molecular weight excluding hydrogens is 312 g/mol. The second-order valence-corrected chi connectivity index (χ2v) is 6.31. The van der Waals surface area contributed by atoms with E-state index in [1.54, 1.807) is 7.11 Å². The van der Waals surface area contributed by atoms with Gasteiger partial charge in [0.25, 0.3) is 0 Å². The maximum Gasteiger partial charge on any atom is 0.141 e. The molecular formula is C20H20N4O. The Bertz CT molecular complexity index is 948. The number of nitrogens with one attached hydrogen (secondary N) is 1. The Hall–Kier alpha value is -3.00. The standard InChI is InChI=1S/C20H20N4O/c1-3-14-13-24-17(12-21-20(24)11-18(14)25-2)16-9-6-10-19(23-16)22-15-7-4-5-8-15/h1,6,9-13,15H,4-5,7-8H2,2H3,(H,22,23). The fourth-order valence-corrected chi connectivity index (χ4v) is 3.41. The van der Waals surface area contributed by atoms with Gasteiger partial charge in [0.15, 0.2) is 0 Å². The number of ether oxygens (including phenoxy) is 1. The lowest BCUT2D eigenvalue weighted by Gasteiger charge is -2.13. The zero-order valence-electron chi connectivity index (χ0n) is 14.2. The molecule has 25 heavy (non-hydrogen) atoms. The van der Waals surface area contributed by atoms with Crippen LogP contribution in [-0.4, -0.2) is 27.5 Å². The molecule has 0 radical (unpaired) electrons. The third-order valence-corrected chi connectivity index (χ3v) is 4.70. The number of fused-ring (bicyclic) bond motifs is 1. The summed E-state index contributed by atoms with van der Waals surface area (Å²) in [4.78, 5) is 9.24. The molecule has 4 rings (SSSR count). The van der Waals surface area contributed by atoms with Crippen LogP contribution in [0, 0.1) is 12.3 Å². The Kier molecular flexibility index (Phi) is 4.02. The minimum atomic E-state index is 0.530. The third-order valence-electron chi connectivity index (χ3n) is 4.70. The number of anilines is 1. The molecule has 126 valence electrons. The van der Waals surface area contributed by atoms with E-state index < -0.39 is 0 Å². The summed E-state index contributed by atoms with van der Waals surface area (Å²) < 4.78 is 7.29. The molecule has 0 saturated heterocycles. The van der Waals surface area contributed by atoms with E-state index in [1.807, 2.05) is 41.1 Å². The van der Waals surface area contributed by atoms with Crippen molar-refractivity contribution in [2.75, 3.05) is 12.4 Å². The smallest absolute Gasteiger partial charge is 0.141 e. The van der Waals surface area contributed by atoms with Crippen LogP contribution < -0.4 is 10.1 Å². The maximum absolute atomic E-state index is 5.60.